The van der Waals surface area contributed by atoms with Gasteiger partial charge in [-0.3, -0.25) is 4.79 Å². The molecule has 0 aliphatic heterocycles. The van der Waals surface area contributed by atoms with Crippen molar-refractivity contribution in [2.24, 2.45) is 0 Å². The molecule has 0 heterocycles. The third-order valence-corrected chi connectivity index (χ3v) is 3.52. The van der Waals surface area contributed by atoms with Crippen molar-refractivity contribution >= 4 is 21.4 Å². The molecule has 0 saturated carbocycles. The average Bonchev–Trinajstić information content (AvgIpc) is 2.37. The first-order valence-corrected chi connectivity index (χ1v) is 7.82. The first-order valence-electron chi connectivity index (χ1n) is 5.76. The molecule has 8 heteroatoms. The fourth-order valence-electron chi connectivity index (χ4n) is 1.52. The van der Waals surface area contributed by atoms with Gasteiger partial charge in [-0.2, -0.15) is 0 Å². The van der Waals surface area contributed by atoms with E-state index in [0.717, 1.165) is 6.26 Å². The quantitative estimate of drug-likeness (QED) is 0.719. The minimum absolute atomic E-state index is 0.0105. The van der Waals surface area contributed by atoms with E-state index >= 15 is 0 Å². The molecule has 0 aliphatic rings. The van der Waals surface area contributed by atoms with E-state index in [1.807, 2.05) is 0 Å². The van der Waals surface area contributed by atoms with Gasteiger partial charge in [-0.15, -0.1) is 0 Å². The van der Waals surface area contributed by atoms with E-state index in [9.17, 15) is 13.2 Å². The minimum Gasteiger partial charge on any atom is -0.497 e. The molecule has 7 nitrogen and oxygen atoms in total. The summed E-state index contributed by atoms with van der Waals surface area (Å²) in [6, 6.07) is 3.02. The molecule has 3 N–H and O–H groups in total. The van der Waals surface area contributed by atoms with Crippen LogP contribution >= 0.6 is 0 Å². The lowest BCUT2D eigenvalue weighted by molar-refractivity contribution is 0.0956. The van der Waals surface area contributed by atoms with Gasteiger partial charge in [-0.05, 0) is 6.07 Å². The van der Waals surface area contributed by atoms with E-state index in [2.05, 4.69) is 5.32 Å². The Morgan fingerprint density at radius 1 is 1.30 bits per heavy atom. The second kappa shape index (κ2) is 6.47. The van der Waals surface area contributed by atoms with Crippen molar-refractivity contribution in [3.63, 3.8) is 0 Å². The minimum atomic E-state index is -3.13. The number of benzene rings is 1. The van der Waals surface area contributed by atoms with E-state index in [1.165, 1.54) is 20.3 Å². The molecule has 0 radical (unpaired) electrons. The third kappa shape index (κ3) is 4.30. The fraction of sp³-hybridized carbons (Fsp3) is 0.417. The zero-order chi connectivity index (χ0) is 15.3. The van der Waals surface area contributed by atoms with E-state index in [-0.39, 0.29) is 23.5 Å². The number of carbonyl (C=O) groups is 1. The number of carbonyl (C=O) groups excluding carboxylic acids is 1. The lowest BCUT2D eigenvalue weighted by Gasteiger charge is -2.12. The van der Waals surface area contributed by atoms with Crippen LogP contribution < -0.4 is 20.5 Å². The van der Waals surface area contributed by atoms with Gasteiger partial charge in [0.25, 0.3) is 5.91 Å². The van der Waals surface area contributed by atoms with Crippen LogP contribution in [0.25, 0.3) is 0 Å². The Morgan fingerprint density at radius 2 is 1.95 bits per heavy atom. The summed E-state index contributed by atoms with van der Waals surface area (Å²) in [5.41, 5.74) is 6.16. The number of rotatable bonds is 6. The SMILES string of the molecule is COc1cc(OC)c(N)c(C(=O)NCCS(C)(=O)=O)c1. The lowest BCUT2D eigenvalue weighted by Crippen LogP contribution is -2.29. The Balaban J connectivity index is 2.92. The molecule has 20 heavy (non-hydrogen) atoms. The van der Waals surface area contributed by atoms with Gasteiger partial charge in [-0.1, -0.05) is 0 Å². The van der Waals surface area contributed by atoms with Crippen molar-refractivity contribution in [1.29, 1.82) is 0 Å². The molecule has 0 aromatic heterocycles. The smallest absolute Gasteiger partial charge is 0.253 e. The number of sulfone groups is 1. The molecule has 1 amide bonds. The van der Waals surface area contributed by atoms with E-state index in [0.29, 0.717) is 11.5 Å². The van der Waals surface area contributed by atoms with Gasteiger partial charge in [0.2, 0.25) is 0 Å². The topological polar surface area (TPSA) is 108 Å². The maximum absolute atomic E-state index is 12.0. The predicted molar refractivity (Wildman–Crippen MR) is 76.0 cm³/mol. The summed E-state index contributed by atoms with van der Waals surface area (Å²) < 4.78 is 32.1. The Hall–Kier alpha value is -1.96. The van der Waals surface area contributed by atoms with Gasteiger partial charge in [0.1, 0.15) is 21.3 Å². The van der Waals surface area contributed by atoms with Gasteiger partial charge in [-0.25, -0.2) is 8.42 Å². The maximum atomic E-state index is 12.0. The van der Waals surface area contributed by atoms with Crippen LogP contribution in [0, 0.1) is 0 Å². The van der Waals surface area contributed by atoms with E-state index < -0.39 is 15.7 Å². The number of nitrogens with two attached hydrogens (primary N) is 1. The lowest BCUT2D eigenvalue weighted by atomic mass is 10.1. The van der Waals surface area contributed by atoms with Crippen LogP contribution in [0.15, 0.2) is 12.1 Å². The van der Waals surface area contributed by atoms with Crippen LogP contribution in [0.4, 0.5) is 5.69 Å². The monoisotopic (exact) mass is 302 g/mol. The van der Waals surface area contributed by atoms with Gasteiger partial charge in [0, 0.05) is 18.9 Å². The predicted octanol–water partition coefficient (Wildman–Crippen LogP) is 0.0604. The van der Waals surface area contributed by atoms with Gasteiger partial charge in [0.15, 0.2) is 0 Å². The third-order valence-electron chi connectivity index (χ3n) is 2.57. The summed E-state index contributed by atoms with van der Waals surface area (Å²) in [7, 11) is -0.251. The molecule has 1 rings (SSSR count). The van der Waals surface area contributed by atoms with Crippen molar-refractivity contribution in [3.05, 3.63) is 17.7 Å². The molecule has 112 valence electrons. The highest BCUT2D eigenvalue weighted by molar-refractivity contribution is 7.90. The van der Waals surface area contributed by atoms with Gasteiger partial charge >= 0.3 is 0 Å². The summed E-state index contributed by atoms with van der Waals surface area (Å²) in [4.78, 5) is 12.0. The van der Waals surface area contributed by atoms with Crippen molar-refractivity contribution in [2.75, 3.05) is 38.5 Å². The first-order chi connectivity index (χ1) is 9.28. The molecular formula is C12H18N2O5S. The highest BCUT2D eigenvalue weighted by atomic mass is 32.2. The number of ether oxygens (including phenoxy) is 2. The molecule has 0 fully saturated rings. The van der Waals surface area contributed by atoms with Crippen LogP contribution in [0.2, 0.25) is 0 Å². The highest BCUT2D eigenvalue weighted by Gasteiger charge is 2.16. The second-order valence-corrected chi connectivity index (χ2v) is 6.44. The average molecular weight is 302 g/mol. The van der Waals surface area contributed by atoms with Crippen LogP contribution in [-0.2, 0) is 9.84 Å². The summed E-state index contributed by atoms with van der Waals surface area (Å²) in [6.45, 7) is 0.0105. The summed E-state index contributed by atoms with van der Waals surface area (Å²) in [5, 5.41) is 2.49. The standard InChI is InChI=1S/C12H18N2O5S/c1-18-8-6-9(11(13)10(7-8)19-2)12(15)14-4-5-20(3,16)17/h6-7H,4-5,13H2,1-3H3,(H,14,15). The fourth-order valence-corrected chi connectivity index (χ4v) is 1.99. The molecule has 0 atom stereocenters. The maximum Gasteiger partial charge on any atom is 0.253 e. The van der Waals surface area contributed by atoms with Crippen molar-refractivity contribution < 1.29 is 22.7 Å². The van der Waals surface area contributed by atoms with Crippen LogP contribution in [0.5, 0.6) is 11.5 Å². The number of anilines is 1. The second-order valence-electron chi connectivity index (χ2n) is 4.18. The zero-order valence-corrected chi connectivity index (χ0v) is 12.4. The van der Waals surface area contributed by atoms with E-state index in [1.54, 1.807) is 6.07 Å². The van der Waals surface area contributed by atoms with Gasteiger partial charge < -0.3 is 20.5 Å². The Bertz CT molecular complexity index is 598. The van der Waals surface area contributed by atoms with Crippen LogP contribution in [0.1, 0.15) is 10.4 Å². The summed E-state index contributed by atoms with van der Waals surface area (Å²) in [6.07, 6.45) is 1.10. The number of hydrogen-bond acceptors (Lipinski definition) is 6. The number of methoxy groups -OCH3 is 2. The number of nitrogens with one attached hydrogen (secondary N) is 1. The molecule has 0 spiro atoms. The Kier molecular flexibility index (Phi) is 5.20. The summed E-state index contributed by atoms with van der Waals surface area (Å²) in [5.74, 6) is 0.116. The molecule has 0 bridgehead atoms. The van der Waals surface area contributed by atoms with Crippen LogP contribution in [0.3, 0.4) is 0 Å². The summed E-state index contributed by atoms with van der Waals surface area (Å²) >= 11 is 0. The van der Waals surface area contributed by atoms with Crippen molar-refractivity contribution in [1.82, 2.24) is 5.32 Å². The Morgan fingerprint density at radius 3 is 2.45 bits per heavy atom. The first kappa shape index (κ1) is 16.1. The molecule has 1 aromatic carbocycles. The normalized spacial score (nSPS) is 10.9. The number of amides is 1. The molecule has 0 unspecified atom stereocenters. The molecule has 1 aromatic rings. The number of hydrogen-bond donors (Lipinski definition) is 2. The number of nitrogen functional groups attached to an aromatic ring is 1. The van der Waals surface area contributed by atoms with E-state index in [4.69, 9.17) is 15.2 Å². The molecular weight excluding hydrogens is 284 g/mol. The molecule has 0 saturated heterocycles. The highest BCUT2D eigenvalue weighted by Crippen LogP contribution is 2.30. The molecule has 0 aliphatic carbocycles. The van der Waals surface area contributed by atoms with Gasteiger partial charge in [0.05, 0.1) is 31.2 Å². The zero-order valence-electron chi connectivity index (χ0n) is 11.6. The van der Waals surface area contributed by atoms with Crippen molar-refractivity contribution in [3.8, 4) is 11.5 Å². The Labute approximate surface area is 118 Å². The largest absolute Gasteiger partial charge is 0.497 e. The van der Waals surface area contributed by atoms with Crippen molar-refractivity contribution in [2.45, 2.75) is 0 Å². The van der Waals surface area contributed by atoms with Crippen LogP contribution in [-0.4, -0.2) is 47.1 Å².